The number of carbonyl (C=O) groups is 2. The molecule has 162 valence electrons. The van der Waals surface area contributed by atoms with Crippen LogP contribution in [-0.2, 0) is 22.3 Å². The number of alkyl halides is 3. The van der Waals surface area contributed by atoms with Crippen LogP contribution in [0.3, 0.4) is 0 Å². The van der Waals surface area contributed by atoms with Gasteiger partial charge in [0, 0.05) is 28.9 Å². The number of halogens is 3. The number of thiophene rings is 1. The molecule has 2 aromatic carbocycles. The molecule has 1 aliphatic heterocycles. The number of benzene rings is 2. The molecule has 1 aromatic heterocycles. The summed E-state index contributed by atoms with van der Waals surface area (Å²) < 4.78 is 44.7. The number of esters is 1. The number of nitrogens with zero attached hydrogens (tertiary/aromatic N) is 1. The predicted molar refractivity (Wildman–Crippen MR) is 112 cm³/mol. The Morgan fingerprint density at radius 3 is 2.39 bits per heavy atom. The van der Waals surface area contributed by atoms with Crippen LogP contribution in [0.4, 0.5) is 13.2 Å². The van der Waals surface area contributed by atoms with E-state index < -0.39 is 11.7 Å². The first-order valence-corrected chi connectivity index (χ1v) is 10.8. The third-order valence-electron chi connectivity index (χ3n) is 5.51. The van der Waals surface area contributed by atoms with Crippen molar-refractivity contribution >= 4 is 33.3 Å². The van der Waals surface area contributed by atoms with Crippen LogP contribution in [0.5, 0.6) is 0 Å². The van der Waals surface area contributed by atoms with E-state index in [1.165, 1.54) is 12.1 Å². The number of carbonyl (C=O) groups excluding carboxylic acids is 2. The van der Waals surface area contributed by atoms with Gasteiger partial charge in [-0.15, -0.1) is 11.3 Å². The van der Waals surface area contributed by atoms with Crippen molar-refractivity contribution in [3.05, 3.63) is 70.6 Å². The molecule has 0 N–H and O–H groups in total. The number of fused-ring (bicyclic) bond motifs is 1. The quantitative estimate of drug-likeness (QED) is 0.495. The number of ether oxygens (including phenoxy) is 1. The van der Waals surface area contributed by atoms with E-state index >= 15 is 0 Å². The lowest BCUT2D eigenvalue weighted by molar-refractivity contribution is -0.151. The Kier molecular flexibility index (Phi) is 6.00. The third kappa shape index (κ3) is 4.74. The molecule has 1 aliphatic rings. The number of piperidine rings is 1. The van der Waals surface area contributed by atoms with Crippen molar-refractivity contribution in [3.8, 4) is 0 Å². The number of hydrogen-bond donors (Lipinski definition) is 0. The van der Waals surface area contributed by atoms with E-state index in [0.717, 1.165) is 27.8 Å². The lowest BCUT2D eigenvalue weighted by atomic mass is 9.96. The second-order valence-electron chi connectivity index (χ2n) is 7.51. The van der Waals surface area contributed by atoms with Gasteiger partial charge in [0.15, 0.2) is 0 Å². The minimum Gasteiger partial charge on any atom is -0.461 e. The first-order chi connectivity index (χ1) is 14.8. The Morgan fingerprint density at radius 2 is 1.71 bits per heavy atom. The number of amides is 1. The fourth-order valence-corrected chi connectivity index (χ4v) is 4.66. The van der Waals surface area contributed by atoms with E-state index in [1.54, 1.807) is 16.2 Å². The molecule has 0 bridgehead atoms. The number of hydrogen-bond acceptors (Lipinski definition) is 4. The lowest BCUT2D eigenvalue weighted by Gasteiger charge is -2.31. The largest absolute Gasteiger partial charge is 0.461 e. The molecule has 4 nitrogen and oxygen atoms in total. The predicted octanol–water partition coefficient (Wildman–Crippen LogP) is 5.52. The highest BCUT2D eigenvalue weighted by molar-refractivity contribution is 7.17. The summed E-state index contributed by atoms with van der Waals surface area (Å²) in [6, 6.07) is 12.1. The third-order valence-corrected chi connectivity index (χ3v) is 6.52. The molecular weight excluding hydrogens is 427 g/mol. The molecule has 1 saturated heterocycles. The highest BCUT2D eigenvalue weighted by Crippen LogP contribution is 2.30. The molecule has 0 aliphatic carbocycles. The molecule has 0 unspecified atom stereocenters. The van der Waals surface area contributed by atoms with Crippen molar-refractivity contribution in [2.24, 2.45) is 5.92 Å². The molecular formula is C23H20F3NO3S. The lowest BCUT2D eigenvalue weighted by Crippen LogP contribution is -2.40. The van der Waals surface area contributed by atoms with E-state index in [-0.39, 0.29) is 30.0 Å². The Bertz CT molecular complexity index is 1080. The summed E-state index contributed by atoms with van der Waals surface area (Å²) in [6.45, 7) is 0.940. The van der Waals surface area contributed by atoms with Crippen LogP contribution in [0, 0.1) is 5.92 Å². The van der Waals surface area contributed by atoms with Crippen LogP contribution in [0.1, 0.15) is 34.3 Å². The van der Waals surface area contributed by atoms with Crippen molar-refractivity contribution in [2.75, 3.05) is 13.1 Å². The first-order valence-electron chi connectivity index (χ1n) is 9.91. The number of likely N-dealkylation sites (tertiary alicyclic amines) is 1. The van der Waals surface area contributed by atoms with Crippen LogP contribution >= 0.6 is 11.3 Å². The summed E-state index contributed by atoms with van der Waals surface area (Å²) in [5.41, 5.74) is 0.395. The van der Waals surface area contributed by atoms with Crippen molar-refractivity contribution in [2.45, 2.75) is 25.6 Å². The maximum Gasteiger partial charge on any atom is 0.416 e. The summed E-state index contributed by atoms with van der Waals surface area (Å²) >= 11 is 1.61. The van der Waals surface area contributed by atoms with E-state index in [4.69, 9.17) is 4.74 Å². The molecule has 2 heterocycles. The van der Waals surface area contributed by atoms with Gasteiger partial charge in [0.05, 0.1) is 11.5 Å². The van der Waals surface area contributed by atoms with Gasteiger partial charge in [-0.2, -0.15) is 13.2 Å². The van der Waals surface area contributed by atoms with Crippen molar-refractivity contribution in [3.63, 3.8) is 0 Å². The molecule has 1 amide bonds. The van der Waals surface area contributed by atoms with E-state index in [0.29, 0.717) is 25.9 Å². The molecule has 1 fully saturated rings. The van der Waals surface area contributed by atoms with Gasteiger partial charge in [0.2, 0.25) is 0 Å². The standard InChI is InChI=1S/C23H20F3NO3S/c24-23(25,26)18-7-5-15(6-8-18)21(28)27-11-9-16(10-12-27)22(29)30-13-17-14-31-20-4-2-1-3-19(17)20/h1-8,14,16H,9-13H2. The van der Waals surface area contributed by atoms with Crippen LogP contribution < -0.4 is 0 Å². The Hall–Kier alpha value is -2.87. The van der Waals surface area contributed by atoms with Crippen molar-refractivity contribution < 1.29 is 27.5 Å². The van der Waals surface area contributed by atoms with E-state index in [1.807, 2.05) is 29.6 Å². The van der Waals surface area contributed by atoms with Crippen LogP contribution in [0.15, 0.2) is 53.9 Å². The highest BCUT2D eigenvalue weighted by Gasteiger charge is 2.32. The zero-order chi connectivity index (χ0) is 22.0. The van der Waals surface area contributed by atoms with Gasteiger partial charge < -0.3 is 9.64 Å². The average Bonchev–Trinajstić information content (AvgIpc) is 3.20. The fourth-order valence-electron chi connectivity index (χ4n) is 3.71. The summed E-state index contributed by atoms with van der Waals surface area (Å²) in [4.78, 5) is 26.6. The van der Waals surface area contributed by atoms with Crippen molar-refractivity contribution in [1.29, 1.82) is 0 Å². The summed E-state index contributed by atoms with van der Waals surface area (Å²) in [5.74, 6) is -0.899. The summed E-state index contributed by atoms with van der Waals surface area (Å²) in [6.07, 6.45) is -3.50. The zero-order valence-corrected chi connectivity index (χ0v) is 17.3. The van der Waals surface area contributed by atoms with Gasteiger partial charge in [-0.1, -0.05) is 18.2 Å². The molecule has 31 heavy (non-hydrogen) atoms. The highest BCUT2D eigenvalue weighted by atomic mass is 32.1. The maximum absolute atomic E-state index is 12.7. The minimum atomic E-state index is -4.43. The van der Waals surface area contributed by atoms with Gasteiger partial charge in [-0.05, 0) is 53.9 Å². The molecule has 0 radical (unpaired) electrons. The first kappa shape index (κ1) is 21.4. The molecule has 8 heteroatoms. The number of rotatable bonds is 4. The van der Waals surface area contributed by atoms with E-state index in [9.17, 15) is 22.8 Å². The molecule has 0 atom stereocenters. The Morgan fingerprint density at radius 1 is 1.03 bits per heavy atom. The topological polar surface area (TPSA) is 46.6 Å². The van der Waals surface area contributed by atoms with Gasteiger partial charge in [0.1, 0.15) is 6.61 Å². The molecule has 0 saturated carbocycles. The maximum atomic E-state index is 12.7. The second kappa shape index (κ2) is 8.70. The summed E-state index contributed by atoms with van der Waals surface area (Å²) in [7, 11) is 0. The zero-order valence-electron chi connectivity index (χ0n) is 16.5. The minimum absolute atomic E-state index is 0.207. The molecule has 4 rings (SSSR count). The van der Waals surface area contributed by atoms with Gasteiger partial charge in [-0.25, -0.2) is 0 Å². The average molecular weight is 447 g/mol. The monoisotopic (exact) mass is 447 g/mol. The Balaban J connectivity index is 1.29. The smallest absolute Gasteiger partial charge is 0.416 e. The molecule has 3 aromatic rings. The van der Waals surface area contributed by atoms with Gasteiger partial charge >= 0.3 is 12.1 Å². The summed E-state index contributed by atoms with van der Waals surface area (Å²) in [5, 5.41) is 3.07. The Labute approximate surface area is 181 Å². The van der Waals surface area contributed by atoms with E-state index in [2.05, 4.69) is 0 Å². The molecule has 0 spiro atoms. The second-order valence-corrected chi connectivity index (χ2v) is 8.42. The van der Waals surface area contributed by atoms with Gasteiger partial charge in [0.25, 0.3) is 5.91 Å². The van der Waals surface area contributed by atoms with Crippen LogP contribution in [0.2, 0.25) is 0 Å². The van der Waals surface area contributed by atoms with Crippen LogP contribution in [-0.4, -0.2) is 29.9 Å². The SMILES string of the molecule is O=C(OCc1csc2ccccc12)C1CCN(C(=O)c2ccc(C(F)(F)F)cc2)CC1. The fraction of sp³-hybridized carbons (Fsp3) is 0.304. The van der Waals surface area contributed by atoms with Crippen LogP contribution in [0.25, 0.3) is 10.1 Å². The normalized spacial score (nSPS) is 15.3. The van der Waals surface area contributed by atoms with Gasteiger partial charge in [-0.3, -0.25) is 9.59 Å². The van der Waals surface area contributed by atoms with Crippen molar-refractivity contribution in [1.82, 2.24) is 4.90 Å².